The Kier molecular flexibility index (Phi) is 37.8. The van der Waals surface area contributed by atoms with Crippen molar-refractivity contribution in [2.75, 3.05) is 13.2 Å². The van der Waals surface area contributed by atoms with E-state index in [1.54, 1.807) is 6.08 Å². The van der Waals surface area contributed by atoms with Gasteiger partial charge in [0.15, 0.2) is 0 Å². The molecule has 6 nitrogen and oxygen atoms in total. The Bertz CT molecular complexity index is 767. The highest BCUT2D eigenvalue weighted by Gasteiger charge is 2.18. The average molecular weight is 692 g/mol. The molecular weight excluding hydrogens is 610 g/mol. The third-order valence-corrected chi connectivity index (χ3v) is 9.47. The lowest BCUT2D eigenvalue weighted by atomic mass is 10.1. The summed E-state index contributed by atoms with van der Waals surface area (Å²) in [5, 5.41) is 22.8. The number of nitrogens with one attached hydrogen (secondary N) is 1. The van der Waals surface area contributed by atoms with Gasteiger partial charge in [0.05, 0.1) is 25.4 Å². The van der Waals surface area contributed by atoms with Crippen LogP contribution < -0.4 is 5.32 Å². The molecule has 0 rings (SSSR count). The first-order valence-electron chi connectivity index (χ1n) is 21.1. The predicted molar refractivity (Wildman–Crippen MR) is 209 cm³/mol. The molecule has 1 amide bonds. The first kappa shape index (κ1) is 47.3. The number of hydrogen-bond acceptors (Lipinski definition) is 5. The number of unbranched alkanes of at least 4 members (excludes halogenated alkanes) is 25. The fraction of sp³-hybridized carbons (Fsp3) is 0.860. The molecule has 0 radical (unpaired) electrons. The molecule has 288 valence electrons. The number of carbonyl (C=O) groups is 2. The lowest BCUT2D eigenvalue weighted by Gasteiger charge is -2.20. The zero-order valence-electron chi connectivity index (χ0n) is 32.4. The second kappa shape index (κ2) is 39.1. The van der Waals surface area contributed by atoms with Crippen molar-refractivity contribution in [2.45, 2.75) is 225 Å². The van der Waals surface area contributed by atoms with Gasteiger partial charge in [-0.15, -0.1) is 0 Å². The van der Waals surface area contributed by atoms with Crippen molar-refractivity contribution >= 4 is 11.9 Å². The number of carbonyl (C=O) groups excluding carboxylic acids is 2. The highest BCUT2D eigenvalue weighted by atomic mass is 16.5. The molecule has 0 aliphatic carbocycles. The normalized spacial score (nSPS) is 13.0. The first-order valence-corrected chi connectivity index (χ1v) is 21.1. The number of ether oxygens (including phenoxy) is 1. The van der Waals surface area contributed by atoms with E-state index < -0.39 is 12.1 Å². The molecule has 49 heavy (non-hydrogen) atoms. The van der Waals surface area contributed by atoms with Crippen LogP contribution in [0.15, 0.2) is 24.3 Å². The number of amides is 1. The first-order chi connectivity index (χ1) is 24.0. The van der Waals surface area contributed by atoms with Gasteiger partial charge in [-0.25, -0.2) is 0 Å². The van der Waals surface area contributed by atoms with Gasteiger partial charge >= 0.3 is 5.97 Å². The van der Waals surface area contributed by atoms with Crippen molar-refractivity contribution < 1.29 is 24.5 Å². The van der Waals surface area contributed by atoms with Crippen molar-refractivity contribution in [1.29, 1.82) is 0 Å². The standard InChI is InChI=1S/C43H81NO5/c1-3-5-7-9-11-13-15-16-17-21-25-29-33-37-43(48)49-38-34-30-26-22-18-20-24-28-32-36-42(47)44-40(39-45)41(46)35-31-27-23-19-14-12-10-8-6-4-2/h13,15,31,35,40-41,45-46H,3-12,14,16-30,32-34,36-39H2,1-2H3,(H,44,47)/b15-13-,35-31+. The van der Waals surface area contributed by atoms with Crippen LogP contribution in [0, 0.1) is 0 Å². The van der Waals surface area contributed by atoms with Gasteiger partial charge in [-0.1, -0.05) is 167 Å². The summed E-state index contributed by atoms with van der Waals surface area (Å²) in [7, 11) is 0. The number of aliphatic hydroxyl groups is 2. The van der Waals surface area contributed by atoms with E-state index in [2.05, 4.69) is 31.3 Å². The Morgan fingerprint density at radius 2 is 0.959 bits per heavy atom. The molecule has 2 unspecified atom stereocenters. The minimum absolute atomic E-state index is 0.0380. The molecule has 0 aromatic rings. The van der Waals surface area contributed by atoms with E-state index >= 15 is 0 Å². The fourth-order valence-corrected chi connectivity index (χ4v) is 6.15. The summed E-state index contributed by atoms with van der Waals surface area (Å²) in [5.41, 5.74) is 0. The minimum atomic E-state index is -0.859. The molecule has 0 heterocycles. The fourth-order valence-electron chi connectivity index (χ4n) is 6.15. The summed E-state index contributed by atoms with van der Waals surface area (Å²) in [6.07, 6.45) is 43.0. The van der Waals surface area contributed by atoms with Crippen LogP contribution >= 0.6 is 0 Å². The smallest absolute Gasteiger partial charge is 0.305 e. The third-order valence-electron chi connectivity index (χ3n) is 9.47. The Morgan fingerprint density at radius 1 is 0.551 bits per heavy atom. The van der Waals surface area contributed by atoms with Crippen LogP contribution in [-0.4, -0.2) is 47.4 Å². The average Bonchev–Trinajstić information content (AvgIpc) is 3.10. The quantitative estimate of drug-likeness (QED) is 0.0340. The molecule has 0 aromatic heterocycles. The van der Waals surface area contributed by atoms with Crippen LogP contribution in [0.1, 0.15) is 213 Å². The molecule has 0 aliphatic heterocycles. The number of esters is 1. The second-order valence-corrected chi connectivity index (χ2v) is 14.3. The summed E-state index contributed by atoms with van der Waals surface area (Å²) in [6.45, 7) is 4.78. The lowest BCUT2D eigenvalue weighted by Crippen LogP contribution is -2.45. The summed E-state index contributed by atoms with van der Waals surface area (Å²) in [4.78, 5) is 24.3. The van der Waals surface area contributed by atoms with Crippen LogP contribution in [0.25, 0.3) is 0 Å². The Labute approximate surface area is 303 Å². The predicted octanol–water partition coefficient (Wildman–Crippen LogP) is 11.6. The third kappa shape index (κ3) is 36.0. The summed E-state index contributed by atoms with van der Waals surface area (Å²) in [5.74, 6) is -0.138. The van der Waals surface area contributed by atoms with Crippen LogP contribution in [0.3, 0.4) is 0 Å². The molecule has 0 aromatic carbocycles. The van der Waals surface area contributed by atoms with Gasteiger partial charge in [-0.05, 0) is 57.8 Å². The van der Waals surface area contributed by atoms with Crippen molar-refractivity contribution in [3.63, 3.8) is 0 Å². The van der Waals surface area contributed by atoms with Gasteiger partial charge in [-0.2, -0.15) is 0 Å². The molecule has 0 bridgehead atoms. The number of aliphatic hydroxyl groups excluding tert-OH is 2. The zero-order chi connectivity index (χ0) is 35.9. The maximum Gasteiger partial charge on any atom is 0.305 e. The lowest BCUT2D eigenvalue weighted by molar-refractivity contribution is -0.143. The molecule has 0 saturated heterocycles. The van der Waals surface area contributed by atoms with Gasteiger partial charge < -0.3 is 20.3 Å². The molecule has 0 spiro atoms. The molecular formula is C43H81NO5. The zero-order valence-corrected chi connectivity index (χ0v) is 32.4. The van der Waals surface area contributed by atoms with Crippen molar-refractivity contribution in [3.8, 4) is 0 Å². The number of allylic oxidation sites excluding steroid dienone is 3. The van der Waals surface area contributed by atoms with Gasteiger partial charge in [0.1, 0.15) is 0 Å². The van der Waals surface area contributed by atoms with Crippen LogP contribution in [-0.2, 0) is 14.3 Å². The van der Waals surface area contributed by atoms with E-state index in [1.165, 1.54) is 128 Å². The molecule has 2 atom stereocenters. The minimum Gasteiger partial charge on any atom is -0.466 e. The van der Waals surface area contributed by atoms with Gasteiger partial charge in [0.25, 0.3) is 0 Å². The molecule has 0 aliphatic rings. The maximum absolute atomic E-state index is 12.3. The van der Waals surface area contributed by atoms with Crippen molar-refractivity contribution in [3.05, 3.63) is 24.3 Å². The Hall–Kier alpha value is -1.66. The molecule has 0 fully saturated rings. The number of rotatable bonds is 38. The van der Waals surface area contributed by atoms with E-state index in [0.29, 0.717) is 19.4 Å². The number of hydrogen-bond donors (Lipinski definition) is 3. The molecule has 0 saturated carbocycles. The van der Waals surface area contributed by atoms with E-state index in [1.807, 2.05) is 6.08 Å². The van der Waals surface area contributed by atoms with Gasteiger partial charge in [0, 0.05) is 12.8 Å². The van der Waals surface area contributed by atoms with Crippen LogP contribution in [0.5, 0.6) is 0 Å². The SMILES string of the molecule is CCCCCC/C=C\CCCCCCCC(=O)OCCCCCCCCCCCC(=O)NC(CO)C(O)/C=C/CCCCCCCCCC. The molecule has 3 N–H and O–H groups in total. The topological polar surface area (TPSA) is 95.9 Å². The maximum atomic E-state index is 12.3. The molecule has 6 heteroatoms. The highest BCUT2D eigenvalue weighted by Crippen LogP contribution is 2.13. The second-order valence-electron chi connectivity index (χ2n) is 14.3. The van der Waals surface area contributed by atoms with Crippen LogP contribution in [0.4, 0.5) is 0 Å². The Morgan fingerprint density at radius 3 is 1.47 bits per heavy atom. The summed E-state index contributed by atoms with van der Waals surface area (Å²) >= 11 is 0. The van der Waals surface area contributed by atoms with E-state index in [4.69, 9.17) is 4.74 Å². The van der Waals surface area contributed by atoms with Crippen LogP contribution in [0.2, 0.25) is 0 Å². The highest BCUT2D eigenvalue weighted by molar-refractivity contribution is 5.76. The van der Waals surface area contributed by atoms with E-state index in [0.717, 1.165) is 57.8 Å². The van der Waals surface area contributed by atoms with Gasteiger partial charge in [0.2, 0.25) is 5.91 Å². The van der Waals surface area contributed by atoms with Crippen molar-refractivity contribution in [2.24, 2.45) is 0 Å². The van der Waals surface area contributed by atoms with E-state index in [9.17, 15) is 19.8 Å². The Balaban J connectivity index is 3.54. The monoisotopic (exact) mass is 692 g/mol. The largest absolute Gasteiger partial charge is 0.466 e. The van der Waals surface area contributed by atoms with Gasteiger partial charge in [-0.3, -0.25) is 9.59 Å². The summed E-state index contributed by atoms with van der Waals surface area (Å²) in [6, 6.07) is -0.645. The van der Waals surface area contributed by atoms with Crippen molar-refractivity contribution in [1.82, 2.24) is 5.32 Å². The summed E-state index contributed by atoms with van der Waals surface area (Å²) < 4.78 is 5.42. The van der Waals surface area contributed by atoms with E-state index in [-0.39, 0.29) is 18.5 Å².